The topological polar surface area (TPSA) is 105 Å². The number of methoxy groups -OCH3 is 1. The van der Waals surface area contributed by atoms with Gasteiger partial charge in [0.15, 0.2) is 0 Å². The third-order valence-corrected chi connectivity index (χ3v) is 5.21. The van der Waals surface area contributed by atoms with Crippen molar-refractivity contribution in [3.8, 4) is 0 Å². The lowest BCUT2D eigenvalue weighted by Crippen LogP contribution is -2.55. The number of hydrogen-bond acceptors (Lipinski definition) is 6. The van der Waals surface area contributed by atoms with Crippen LogP contribution in [-0.2, 0) is 25.5 Å². The van der Waals surface area contributed by atoms with Crippen LogP contribution in [0.1, 0.15) is 41.5 Å². The van der Waals surface area contributed by atoms with Gasteiger partial charge in [-0.25, -0.2) is 4.79 Å². The van der Waals surface area contributed by atoms with Crippen molar-refractivity contribution in [2.75, 3.05) is 20.2 Å². The SMILES string of the molecule is COC(=O)OC1CCN(CCC(=O)O)C(NC(=O)Cc2c(C)cc(C)cc2C)C1. The van der Waals surface area contributed by atoms with Crippen molar-refractivity contribution < 1.29 is 29.0 Å². The van der Waals surface area contributed by atoms with E-state index in [1.54, 1.807) is 0 Å². The molecule has 160 valence electrons. The van der Waals surface area contributed by atoms with Crippen LogP contribution in [0.3, 0.4) is 0 Å². The van der Waals surface area contributed by atoms with E-state index in [0.29, 0.717) is 25.9 Å². The number of piperidine rings is 1. The quantitative estimate of drug-likeness (QED) is 0.670. The van der Waals surface area contributed by atoms with Crippen LogP contribution >= 0.6 is 0 Å². The normalized spacial score (nSPS) is 19.4. The van der Waals surface area contributed by atoms with Crippen molar-refractivity contribution in [3.05, 3.63) is 34.4 Å². The second-order valence-corrected chi connectivity index (χ2v) is 7.54. The first kappa shape index (κ1) is 22.7. The number of likely N-dealkylation sites (tertiary alicyclic amines) is 1. The van der Waals surface area contributed by atoms with Gasteiger partial charge < -0.3 is 19.9 Å². The fourth-order valence-corrected chi connectivity index (χ4v) is 3.82. The maximum Gasteiger partial charge on any atom is 0.508 e. The van der Waals surface area contributed by atoms with Crippen LogP contribution < -0.4 is 5.32 Å². The Hall–Kier alpha value is -2.61. The van der Waals surface area contributed by atoms with Gasteiger partial charge in [-0.2, -0.15) is 0 Å². The van der Waals surface area contributed by atoms with E-state index in [4.69, 9.17) is 9.84 Å². The number of ether oxygens (including phenoxy) is 2. The van der Waals surface area contributed by atoms with Crippen LogP contribution in [0.25, 0.3) is 0 Å². The minimum absolute atomic E-state index is 0.0227. The van der Waals surface area contributed by atoms with Gasteiger partial charge in [0.05, 0.1) is 26.1 Å². The van der Waals surface area contributed by atoms with Gasteiger partial charge in [-0.15, -0.1) is 0 Å². The van der Waals surface area contributed by atoms with E-state index < -0.39 is 24.4 Å². The standard InChI is InChI=1S/C21H30N2O6/c1-13-9-14(2)17(15(3)10-13)12-19(24)22-18-11-16(29-21(27)28-4)5-7-23(18)8-6-20(25)26/h9-10,16,18H,5-8,11-12H2,1-4H3,(H,22,24)(H,25,26). The zero-order chi connectivity index (χ0) is 21.6. The Morgan fingerprint density at radius 2 is 1.86 bits per heavy atom. The number of aliphatic carboxylic acids is 1. The molecule has 0 radical (unpaired) electrons. The van der Waals surface area contributed by atoms with E-state index in [-0.39, 0.29) is 18.7 Å². The molecule has 2 unspecified atom stereocenters. The molecule has 1 aromatic rings. The van der Waals surface area contributed by atoms with Gasteiger partial charge in [0.25, 0.3) is 0 Å². The van der Waals surface area contributed by atoms with Crippen LogP contribution in [-0.4, -0.2) is 60.5 Å². The third kappa shape index (κ3) is 6.74. The molecule has 1 aromatic carbocycles. The molecule has 2 atom stereocenters. The summed E-state index contributed by atoms with van der Waals surface area (Å²) >= 11 is 0. The number of carboxylic acids is 1. The highest BCUT2D eigenvalue weighted by molar-refractivity contribution is 5.79. The van der Waals surface area contributed by atoms with E-state index in [9.17, 15) is 14.4 Å². The molecule has 0 bridgehead atoms. The van der Waals surface area contributed by atoms with Crippen molar-refractivity contribution in [1.82, 2.24) is 10.2 Å². The fourth-order valence-electron chi connectivity index (χ4n) is 3.82. The van der Waals surface area contributed by atoms with Crippen molar-refractivity contribution in [1.29, 1.82) is 0 Å². The molecular formula is C21H30N2O6. The van der Waals surface area contributed by atoms with Crippen LogP contribution in [0.15, 0.2) is 12.1 Å². The number of carboxylic acid groups (broad SMARTS) is 1. The summed E-state index contributed by atoms with van der Waals surface area (Å²) in [6.45, 7) is 6.83. The predicted octanol–water partition coefficient (Wildman–Crippen LogP) is 2.32. The highest BCUT2D eigenvalue weighted by atomic mass is 16.7. The van der Waals surface area contributed by atoms with E-state index >= 15 is 0 Å². The molecule has 0 saturated carbocycles. The number of carbonyl (C=O) groups excluding carboxylic acids is 2. The molecule has 1 aliphatic heterocycles. The highest BCUT2D eigenvalue weighted by Crippen LogP contribution is 2.21. The number of rotatable bonds is 7. The van der Waals surface area contributed by atoms with Crippen molar-refractivity contribution in [3.63, 3.8) is 0 Å². The van der Waals surface area contributed by atoms with Gasteiger partial charge in [0, 0.05) is 19.5 Å². The van der Waals surface area contributed by atoms with E-state index in [0.717, 1.165) is 22.3 Å². The zero-order valence-electron chi connectivity index (χ0n) is 17.5. The summed E-state index contributed by atoms with van der Waals surface area (Å²) < 4.78 is 9.79. The summed E-state index contributed by atoms with van der Waals surface area (Å²) in [6.07, 6.45) is -0.406. The monoisotopic (exact) mass is 406 g/mol. The zero-order valence-corrected chi connectivity index (χ0v) is 17.5. The third-order valence-electron chi connectivity index (χ3n) is 5.21. The van der Waals surface area contributed by atoms with E-state index in [1.165, 1.54) is 7.11 Å². The Kier molecular flexibility index (Phi) is 8.01. The van der Waals surface area contributed by atoms with E-state index in [1.807, 2.05) is 25.7 Å². The van der Waals surface area contributed by atoms with Crippen molar-refractivity contribution in [2.45, 2.75) is 58.7 Å². The predicted molar refractivity (Wildman–Crippen MR) is 107 cm³/mol. The average molecular weight is 406 g/mol. The molecule has 8 heteroatoms. The number of aryl methyl sites for hydroxylation is 3. The molecule has 0 spiro atoms. The molecule has 0 aromatic heterocycles. The van der Waals surface area contributed by atoms with Crippen LogP contribution in [0.4, 0.5) is 4.79 Å². The Balaban J connectivity index is 2.07. The molecule has 8 nitrogen and oxygen atoms in total. The molecule has 1 aliphatic rings. The number of amides is 1. The van der Waals surface area contributed by atoms with Gasteiger partial charge in [0.2, 0.25) is 5.91 Å². The Bertz CT molecular complexity index is 741. The molecule has 0 aliphatic carbocycles. The van der Waals surface area contributed by atoms with E-state index in [2.05, 4.69) is 22.2 Å². The number of hydrogen-bond donors (Lipinski definition) is 2. The maximum atomic E-state index is 12.8. The molecule has 2 N–H and O–H groups in total. The number of nitrogens with zero attached hydrogens (tertiary/aromatic N) is 1. The average Bonchev–Trinajstić information content (AvgIpc) is 2.63. The minimum atomic E-state index is -0.895. The summed E-state index contributed by atoms with van der Waals surface area (Å²) in [5, 5.41) is 12.0. The Morgan fingerprint density at radius 3 is 2.45 bits per heavy atom. The fraction of sp³-hybridized carbons (Fsp3) is 0.571. The number of nitrogens with one attached hydrogen (secondary N) is 1. The molecule has 1 amide bonds. The van der Waals surface area contributed by atoms with Crippen LogP contribution in [0, 0.1) is 20.8 Å². The number of carbonyl (C=O) groups is 3. The van der Waals surface area contributed by atoms with Gasteiger partial charge in [0.1, 0.15) is 6.10 Å². The second kappa shape index (κ2) is 10.2. The summed E-state index contributed by atoms with van der Waals surface area (Å²) in [4.78, 5) is 37.1. The first-order valence-corrected chi connectivity index (χ1v) is 9.76. The molecule has 2 rings (SSSR count). The largest absolute Gasteiger partial charge is 0.508 e. The second-order valence-electron chi connectivity index (χ2n) is 7.54. The van der Waals surface area contributed by atoms with Gasteiger partial charge >= 0.3 is 12.1 Å². The first-order valence-electron chi connectivity index (χ1n) is 9.76. The Labute approximate surface area is 171 Å². The molecule has 1 fully saturated rings. The van der Waals surface area contributed by atoms with Gasteiger partial charge in [-0.1, -0.05) is 17.7 Å². The lowest BCUT2D eigenvalue weighted by Gasteiger charge is -2.39. The van der Waals surface area contributed by atoms with Crippen molar-refractivity contribution in [2.24, 2.45) is 0 Å². The first-order chi connectivity index (χ1) is 13.7. The van der Waals surface area contributed by atoms with Crippen molar-refractivity contribution >= 4 is 18.0 Å². The summed E-state index contributed by atoms with van der Waals surface area (Å²) in [5.41, 5.74) is 4.27. The van der Waals surface area contributed by atoms with Crippen LogP contribution in [0.5, 0.6) is 0 Å². The summed E-state index contributed by atoms with van der Waals surface area (Å²) in [5.74, 6) is -1.04. The van der Waals surface area contributed by atoms with Crippen LogP contribution in [0.2, 0.25) is 0 Å². The van der Waals surface area contributed by atoms with Gasteiger partial charge in [-0.3, -0.25) is 14.5 Å². The summed E-state index contributed by atoms with van der Waals surface area (Å²) in [6, 6.07) is 4.10. The lowest BCUT2D eigenvalue weighted by molar-refractivity contribution is -0.137. The number of benzene rings is 1. The smallest absolute Gasteiger partial charge is 0.481 e. The highest BCUT2D eigenvalue weighted by Gasteiger charge is 2.32. The maximum absolute atomic E-state index is 12.8. The molecule has 1 saturated heterocycles. The lowest BCUT2D eigenvalue weighted by atomic mass is 9.97. The molecule has 29 heavy (non-hydrogen) atoms. The Morgan fingerprint density at radius 1 is 1.21 bits per heavy atom. The molecule has 1 heterocycles. The minimum Gasteiger partial charge on any atom is -0.481 e. The van der Waals surface area contributed by atoms with Gasteiger partial charge in [-0.05, 0) is 43.9 Å². The molecular weight excluding hydrogens is 376 g/mol. The summed E-state index contributed by atoms with van der Waals surface area (Å²) in [7, 11) is 1.25.